The lowest BCUT2D eigenvalue weighted by Gasteiger charge is -2.26. The Bertz CT molecular complexity index is 715. The predicted octanol–water partition coefficient (Wildman–Crippen LogP) is 2.01. The third kappa shape index (κ3) is 3.59. The summed E-state index contributed by atoms with van der Waals surface area (Å²) in [5, 5.41) is 7.71. The highest BCUT2D eigenvalue weighted by atomic mass is 35.5. The van der Waals surface area contributed by atoms with E-state index >= 15 is 0 Å². The number of carbonyl (C=O) groups is 2. The molecule has 0 saturated carbocycles. The molecule has 1 aliphatic heterocycles. The van der Waals surface area contributed by atoms with Crippen LogP contribution in [-0.4, -0.2) is 39.6 Å². The van der Waals surface area contributed by atoms with Crippen LogP contribution < -0.4 is 5.32 Å². The fraction of sp³-hybridized carbons (Fsp3) is 0.353. The Kier molecular flexibility index (Phi) is 4.85. The van der Waals surface area contributed by atoms with E-state index in [9.17, 15) is 9.59 Å². The van der Waals surface area contributed by atoms with Crippen molar-refractivity contribution in [1.29, 1.82) is 0 Å². The van der Waals surface area contributed by atoms with Crippen LogP contribution in [0.3, 0.4) is 0 Å². The molecule has 1 fully saturated rings. The van der Waals surface area contributed by atoms with Crippen LogP contribution in [0.1, 0.15) is 24.4 Å². The van der Waals surface area contributed by atoms with Crippen LogP contribution in [0.5, 0.6) is 0 Å². The average molecular weight is 347 g/mol. The topological polar surface area (TPSA) is 67.2 Å². The van der Waals surface area contributed by atoms with Gasteiger partial charge in [-0.15, -0.1) is 0 Å². The van der Waals surface area contributed by atoms with Gasteiger partial charge in [-0.3, -0.25) is 14.3 Å². The van der Waals surface area contributed by atoms with Gasteiger partial charge in [-0.05, 0) is 23.8 Å². The first-order valence-corrected chi connectivity index (χ1v) is 8.20. The molecule has 0 bridgehead atoms. The summed E-state index contributed by atoms with van der Waals surface area (Å²) in [6.07, 6.45) is 4.12. The second-order valence-electron chi connectivity index (χ2n) is 5.90. The van der Waals surface area contributed by atoms with Crippen molar-refractivity contribution in [2.45, 2.75) is 31.5 Å². The molecule has 2 atom stereocenters. The van der Waals surface area contributed by atoms with E-state index in [0.717, 1.165) is 5.56 Å². The van der Waals surface area contributed by atoms with E-state index in [2.05, 4.69) is 10.4 Å². The number of halogens is 1. The van der Waals surface area contributed by atoms with Gasteiger partial charge in [0, 0.05) is 43.9 Å². The lowest BCUT2D eigenvalue weighted by atomic mass is 10.00. The number of carbonyl (C=O) groups excluding carboxylic acids is 2. The zero-order chi connectivity index (χ0) is 17.1. The van der Waals surface area contributed by atoms with E-state index in [1.807, 2.05) is 24.4 Å². The van der Waals surface area contributed by atoms with E-state index < -0.39 is 0 Å². The Balaban J connectivity index is 1.67. The lowest BCUT2D eigenvalue weighted by Crippen LogP contribution is -2.39. The monoisotopic (exact) mass is 346 g/mol. The molecular formula is C17H19ClN4O2. The van der Waals surface area contributed by atoms with E-state index in [-0.39, 0.29) is 23.9 Å². The van der Waals surface area contributed by atoms with E-state index in [1.165, 1.54) is 0 Å². The van der Waals surface area contributed by atoms with Gasteiger partial charge < -0.3 is 10.2 Å². The minimum Gasteiger partial charge on any atom is -0.350 e. The Morgan fingerprint density at radius 1 is 1.38 bits per heavy atom. The Hall–Kier alpha value is -2.34. The van der Waals surface area contributed by atoms with Gasteiger partial charge in [-0.1, -0.05) is 23.7 Å². The van der Waals surface area contributed by atoms with Crippen molar-refractivity contribution in [2.24, 2.45) is 0 Å². The molecule has 2 amide bonds. The summed E-state index contributed by atoms with van der Waals surface area (Å²) >= 11 is 5.94. The van der Waals surface area contributed by atoms with Crippen LogP contribution >= 0.6 is 11.6 Å². The number of amides is 2. The molecule has 126 valence electrons. The molecule has 2 heterocycles. The molecule has 7 heteroatoms. The normalized spacial score (nSPS) is 20.4. The number of hydrogen-bond donors (Lipinski definition) is 1. The number of hydrogen-bond acceptors (Lipinski definition) is 3. The Morgan fingerprint density at radius 3 is 2.79 bits per heavy atom. The fourth-order valence-electron chi connectivity index (χ4n) is 3.04. The summed E-state index contributed by atoms with van der Waals surface area (Å²) in [6.45, 7) is 0.515. The first kappa shape index (κ1) is 16.5. The zero-order valence-electron chi connectivity index (χ0n) is 13.4. The van der Waals surface area contributed by atoms with Gasteiger partial charge in [-0.2, -0.15) is 5.10 Å². The van der Waals surface area contributed by atoms with Gasteiger partial charge in [0.1, 0.15) is 0 Å². The summed E-state index contributed by atoms with van der Waals surface area (Å²) in [5.74, 6) is -0.0649. The predicted molar refractivity (Wildman–Crippen MR) is 90.4 cm³/mol. The van der Waals surface area contributed by atoms with Gasteiger partial charge in [0.15, 0.2) is 0 Å². The average Bonchev–Trinajstić information content (AvgIpc) is 3.16. The maximum Gasteiger partial charge on any atom is 0.225 e. The molecule has 6 nitrogen and oxygen atoms in total. The molecule has 1 saturated heterocycles. The molecular weight excluding hydrogens is 328 g/mol. The number of nitrogens with one attached hydrogen (secondary N) is 1. The first-order valence-electron chi connectivity index (χ1n) is 7.82. The SMILES string of the molecule is CN1C(=O)CC(NC(=O)CCn2cccn2)C1c1ccc(Cl)cc1. The fourth-order valence-corrected chi connectivity index (χ4v) is 3.17. The van der Waals surface area contributed by atoms with Crippen LogP contribution in [0.2, 0.25) is 5.02 Å². The maximum absolute atomic E-state index is 12.2. The van der Waals surface area contributed by atoms with Crippen molar-refractivity contribution in [3.8, 4) is 0 Å². The largest absolute Gasteiger partial charge is 0.350 e. The second-order valence-corrected chi connectivity index (χ2v) is 6.33. The van der Waals surface area contributed by atoms with E-state index in [4.69, 9.17) is 11.6 Å². The zero-order valence-corrected chi connectivity index (χ0v) is 14.1. The standard InChI is InChI=1S/C17H19ClN4O2/c1-21-16(24)11-14(17(21)12-3-5-13(18)6-4-12)20-15(23)7-10-22-9-2-8-19-22/h2-6,8-9,14,17H,7,10-11H2,1H3,(H,20,23). The van der Waals surface area contributed by atoms with Gasteiger partial charge >= 0.3 is 0 Å². The van der Waals surface area contributed by atoms with Gasteiger partial charge in [0.25, 0.3) is 0 Å². The number of likely N-dealkylation sites (N-methyl/N-ethyl adjacent to an activating group) is 1. The molecule has 2 unspecified atom stereocenters. The highest BCUT2D eigenvalue weighted by molar-refractivity contribution is 6.30. The Labute approximate surface area is 145 Å². The van der Waals surface area contributed by atoms with Crippen molar-refractivity contribution in [1.82, 2.24) is 20.0 Å². The van der Waals surface area contributed by atoms with Crippen LogP contribution in [0, 0.1) is 0 Å². The molecule has 1 aliphatic rings. The molecule has 1 N–H and O–H groups in total. The van der Waals surface area contributed by atoms with E-state index in [1.54, 1.807) is 35.0 Å². The number of rotatable bonds is 5. The van der Waals surface area contributed by atoms with Gasteiger partial charge in [-0.25, -0.2) is 0 Å². The quantitative estimate of drug-likeness (QED) is 0.900. The van der Waals surface area contributed by atoms with Crippen molar-refractivity contribution in [2.75, 3.05) is 7.05 Å². The molecule has 1 aromatic carbocycles. The van der Waals surface area contributed by atoms with Crippen LogP contribution in [0.15, 0.2) is 42.7 Å². The number of aromatic nitrogens is 2. The highest BCUT2D eigenvalue weighted by Crippen LogP contribution is 2.32. The number of likely N-dealkylation sites (tertiary alicyclic amines) is 1. The van der Waals surface area contributed by atoms with E-state index in [0.29, 0.717) is 24.4 Å². The summed E-state index contributed by atoms with van der Waals surface area (Å²) in [7, 11) is 1.76. The molecule has 2 aromatic rings. The number of aryl methyl sites for hydroxylation is 1. The van der Waals surface area contributed by atoms with Crippen LogP contribution in [0.4, 0.5) is 0 Å². The summed E-state index contributed by atoms with van der Waals surface area (Å²) in [5.41, 5.74) is 0.963. The summed E-state index contributed by atoms with van der Waals surface area (Å²) in [4.78, 5) is 26.0. The molecule has 3 rings (SSSR count). The smallest absolute Gasteiger partial charge is 0.225 e. The van der Waals surface area contributed by atoms with Crippen molar-refractivity contribution >= 4 is 23.4 Å². The highest BCUT2D eigenvalue weighted by Gasteiger charge is 2.39. The van der Waals surface area contributed by atoms with Gasteiger partial charge in [0.2, 0.25) is 11.8 Å². The lowest BCUT2D eigenvalue weighted by molar-refractivity contribution is -0.127. The third-order valence-electron chi connectivity index (χ3n) is 4.27. The molecule has 24 heavy (non-hydrogen) atoms. The second kappa shape index (κ2) is 7.05. The third-order valence-corrected chi connectivity index (χ3v) is 4.52. The van der Waals surface area contributed by atoms with Crippen molar-refractivity contribution < 1.29 is 9.59 Å². The first-order chi connectivity index (χ1) is 11.5. The van der Waals surface area contributed by atoms with Crippen molar-refractivity contribution in [3.63, 3.8) is 0 Å². The minimum absolute atomic E-state index is 0.0207. The van der Waals surface area contributed by atoms with Crippen molar-refractivity contribution in [3.05, 3.63) is 53.3 Å². The maximum atomic E-state index is 12.2. The molecule has 1 aromatic heterocycles. The van der Waals surface area contributed by atoms with Gasteiger partial charge in [0.05, 0.1) is 12.1 Å². The molecule has 0 radical (unpaired) electrons. The molecule has 0 aliphatic carbocycles. The minimum atomic E-state index is -0.242. The Morgan fingerprint density at radius 2 is 2.12 bits per heavy atom. The van der Waals surface area contributed by atoms with Crippen LogP contribution in [0.25, 0.3) is 0 Å². The van der Waals surface area contributed by atoms with Crippen LogP contribution in [-0.2, 0) is 16.1 Å². The number of nitrogens with zero attached hydrogens (tertiary/aromatic N) is 3. The summed E-state index contributed by atoms with van der Waals surface area (Å²) < 4.78 is 1.71. The summed E-state index contributed by atoms with van der Waals surface area (Å²) in [6, 6.07) is 8.78. The molecule has 0 spiro atoms. The number of benzene rings is 1.